The standard InChI is InChI=1S/C11H14NO2/c1-2-9-3-5-10(6-4-9)11(14)12-7-8-13/h3-6,13H,1-2,7-8H2,(H,12,14). The van der Waals surface area contributed by atoms with Crippen LogP contribution in [0.3, 0.4) is 0 Å². The molecule has 1 radical (unpaired) electrons. The lowest BCUT2D eigenvalue weighted by atomic mass is 10.1. The quantitative estimate of drug-likeness (QED) is 0.740. The number of aliphatic hydroxyl groups is 1. The van der Waals surface area contributed by atoms with Crippen molar-refractivity contribution in [2.75, 3.05) is 13.2 Å². The zero-order valence-corrected chi connectivity index (χ0v) is 7.99. The van der Waals surface area contributed by atoms with Gasteiger partial charge in [0.05, 0.1) is 6.61 Å². The van der Waals surface area contributed by atoms with Crippen molar-refractivity contribution in [3.63, 3.8) is 0 Å². The number of aliphatic hydroxyl groups excluding tert-OH is 1. The van der Waals surface area contributed by atoms with Crippen molar-refractivity contribution in [3.8, 4) is 0 Å². The molecule has 3 nitrogen and oxygen atoms in total. The highest BCUT2D eigenvalue weighted by Gasteiger charge is 2.02. The van der Waals surface area contributed by atoms with Gasteiger partial charge < -0.3 is 10.4 Å². The third-order valence-electron chi connectivity index (χ3n) is 1.90. The summed E-state index contributed by atoms with van der Waals surface area (Å²) in [5, 5.41) is 11.1. The molecule has 0 aliphatic rings. The molecule has 0 spiro atoms. The van der Waals surface area contributed by atoms with E-state index in [1.807, 2.05) is 12.1 Å². The molecule has 0 saturated carbocycles. The van der Waals surface area contributed by atoms with Gasteiger partial charge in [0.2, 0.25) is 0 Å². The summed E-state index contributed by atoms with van der Waals surface area (Å²) >= 11 is 0. The molecule has 0 atom stereocenters. The fourth-order valence-electron chi connectivity index (χ4n) is 1.09. The summed E-state index contributed by atoms with van der Waals surface area (Å²) in [5.74, 6) is -0.158. The van der Waals surface area contributed by atoms with Gasteiger partial charge in [0.15, 0.2) is 0 Å². The minimum Gasteiger partial charge on any atom is -0.395 e. The maximum Gasteiger partial charge on any atom is 0.251 e. The van der Waals surface area contributed by atoms with E-state index in [0.29, 0.717) is 5.56 Å². The first-order chi connectivity index (χ1) is 6.77. The number of carbonyl (C=O) groups excluding carboxylic acids is 1. The smallest absolute Gasteiger partial charge is 0.251 e. The Hall–Kier alpha value is -1.35. The monoisotopic (exact) mass is 192 g/mol. The Morgan fingerprint density at radius 3 is 2.50 bits per heavy atom. The van der Waals surface area contributed by atoms with Crippen molar-refractivity contribution in [2.45, 2.75) is 6.42 Å². The number of nitrogens with one attached hydrogen (secondary N) is 1. The van der Waals surface area contributed by atoms with Crippen LogP contribution in [0, 0.1) is 6.92 Å². The van der Waals surface area contributed by atoms with Crippen molar-refractivity contribution in [1.29, 1.82) is 0 Å². The van der Waals surface area contributed by atoms with Gasteiger partial charge in [-0.1, -0.05) is 12.1 Å². The van der Waals surface area contributed by atoms with E-state index >= 15 is 0 Å². The molecule has 1 aromatic rings. The molecule has 75 valence electrons. The Kier molecular flexibility index (Phi) is 4.13. The van der Waals surface area contributed by atoms with Gasteiger partial charge in [-0.25, -0.2) is 0 Å². The summed E-state index contributed by atoms with van der Waals surface area (Å²) < 4.78 is 0. The normalized spacial score (nSPS) is 9.86. The Morgan fingerprint density at radius 1 is 1.36 bits per heavy atom. The first-order valence-electron chi connectivity index (χ1n) is 4.55. The van der Waals surface area contributed by atoms with E-state index in [1.165, 1.54) is 0 Å². The summed E-state index contributed by atoms with van der Waals surface area (Å²) in [6.45, 7) is 4.00. The van der Waals surface area contributed by atoms with Crippen molar-refractivity contribution in [2.24, 2.45) is 0 Å². The van der Waals surface area contributed by atoms with Gasteiger partial charge in [0, 0.05) is 12.1 Å². The van der Waals surface area contributed by atoms with Crippen LogP contribution in [0.4, 0.5) is 0 Å². The predicted molar refractivity (Wildman–Crippen MR) is 54.9 cm³/mol. The highest BCUT2D eigenvalue weighted by Crippen LogP contribution is 2.04. The second-order valence-electron chi connectivity index (χ2n) is 2.93. The highest BCUT2D eigenvalue weighted by atomic mass is 16.3. The molecular formula is C11H14NO2. The average Bonchev–Trinajstić information content (AvgIpc) is 2.26. The van der Waals surface area contributed by atoms with E-state index in [0.717, 1.165) is 12.0 Å². The zero-order chi connectivity index (χ0) is 10.4. The maximum absolute atomic E-state index is 11.4. The van der Waals surface area contributed by atoms with Gasteiger partial charge in [-0.2, -0.15) is 0 Å². The average molecular weight is 192 g/mol. The van der Waals surface area contributed by atoms with Gasteiger partial charge in [-0.15, -0.1) is 0 Å². The van der Waals surface area contributed by atoms with E-state index in [4.69, 9.17) is 5.11 Å². The van der Waals surface area contributed by atoms with Crippen molar-refractivity contribution < 1.29 is 9.90 Å². The first kappa shape index (κ1) is 10.7. The Labute approximate surface area is 83.8 Å². The predicted octanol–water partition coefficient (Wildman–Crippen LogP) is 0.785. The van der Waals surface area contributed by atoms with Crippen LogP contribution in [0.25, 0.3) is 0 Å². The summed E-state index contributed by atoms with van der Waals surface area (Å²) in [4.78, 5) is 11.4. The van der Waals surface area contributed by atoms with E-state index < -0.39 is 0 Å². The van der Waals surface area contributed by atoms with Crippen molar-refractivity contribution >= 4 is 5.91 Å². The third kappa shape index (κ3) is 2.85. The summed E-state index contributed by atoms with van der Waals surface area (Å²) in [7, 11) is 0. The third-order valence-corrected chi connectivity index (χ3v) is 1.90. The number of rotatable bonds is 4. The van der Waals surface area contributed by atoms with E-state index in [2.05, 4.69) is 12.2 Å². The molecule has 0 aliphatic carbocycles. The van der Waals surface area contributed by atoms with Crippen LogP contribution in [0.1, 0.15) is 15.9 Å². The molecule has 2 N–H and O–H groups in total. The van der Waals surface area contributed by atoms with Crippen LogP contribution in [0.15, 0.2) is 24.3 Å². The molecule has 0 unspecified atom stereocenters. The Bertz CT molecular complexity index is 293. The molecule has 14 heavy (non-hydrogen) atoms. The van der Waals surface area contributed by atoms with Crippen LogP contribution in [-0.2, 0) is 6.42 Å². The molecule has 0 bridgehead atoms. The number of carbonyl (C=O) groups is 1. The molecular weight excluding hydrogens is 178 g/mol. The molecule has 3 heteroatoms. The maximum atomic E-state index is 11.4. The van der Waals surface area contributed by atoms with Crippen molar-refractivity contribution in [3.05, 3.63) is 42.3 Å². The lowest BCUT2D eigenvalue weighted by Gasteiger charge is -2.03. The van der Waals surface area contributed by atoms with Gasteiger partial charge in [-0.05, 0) is 31.0 Å². The lowest BCUT2D eigenvalue weighted by molar-refractivity contribution is 0.0945. The largest absolute Gasteiger partial charge is 0.395 e. The van der Waals surface area contributed by atoms with Crippen LogP contribution in [0.5, 0.6) is 0 Å². The SMILES string of the molecule is [CH2]Cc1ccc(C(=O)NCCO)cc1. The number of benzene rings is 1. The Balaban J connectivity index is 2.62. The van der Waals surface area contributed by atoms with Crippen LogP contribution >= 0.6 is 0 Å². The molecule has 1 amide bonds. The molecule has 0 saturated heterocycles. The second-order valence-corrected chi connectivity index (χ2v) is 2.93. The van der Waals surface area contributed by atoms with E-state index in [9.17, 15) is 4.79 Å². The van der Waals surface area contributed by atoms with Crippen LogP contribution in [0.2, 0.25) is 0 Å². The number of amides is 1. The molecule has 0 fully saturated rings. The minimum absolute atomic E-state index is 0.0390. The highest BCUT2D eigenvalue weighted by molar-refractivity contribution is 5.94. The van der Waals surface area contributed by atoms with E-state index in [1.54, 1.807) is 12.1 Å². The Morgan fingerprint density at radius 2 is 2.00 bits per heavy atom. The lowest BCUT2D eigenvalue weighted by Crippen LogP contribution is -2.26. The molecule has 0 aliphatic heterocycles. The topological polar surface area (TPSA) is 49.3 Å². The van der Waals surface area contributed by atoms with Gasteiger partial charge in [0.1, 0.15) is 0 Å². The second kappa shape index (κ2) is 5.40. The van der Waals surface area contributed by atoms with Gasteiger partial charge >= 0.3 is 0 Å². The van der Waals surface area contributed by atoms with Gasteiger partial charge in [-0.3, -0.25) is 4.79 Å². The fraction of sp³-hybridized carbons (Fsp3) is 0.273. The molecule has 0 aromatic heterocycles. The molecule has 1 rings (SSSR count). The van der Waals surface area contributed by atoms with E-state index in [-0.39, 0.29) is 19.1 Å². The van der Waals surface area contributed by atoms with Crippen molar-refractivity contribution in [1.82, 2.24) is 5.32 Å². The number of hydrogen-bond donors (Lipinski definition) is 2. The summed E-state index contributed by atoms with van der Waals surface area (Å²) in [6, 6.07) is 7.27. The summed E-state index contributed by atoms with van der Waals surface area (Å²) in [5.41, 5.74) is 1.71. The number of hydrogen-bond acceptors (Lipinski definition) is 2. The van der Waals surface area contributed by atoms with Crippen LogP contribution in [-0.4, -0.2) is 24.2 Å². The van der Waals surface area contributed by atoms with Crippen LogP contribution < -0.4 is 5.32 Å². The first-order valence-corrected chi connectivity index (χ1v) is 4.55. The molecule has 0 heterocycles. The fourth-order valence-corrected chi connectivity index (χ4v) is 1.09. The zero-order valence-electron chi connectivity index (χ0n) is 7.99. The van der Waals surface area contributed by atoms with Gasteiger partial charge in [0.25, 0.3) is 5.91 Å². The summed E-state index contributed by atoms with van der Waals surface area (Å²) in [6.07, 6.45) is 0.721. The molecule has 1 aromatic carbocycles. The minimum atomic E-state index is -0.158.